The SMILES string of the molecule is CCC(CC)c1cc(CNC(=NC)NCc2cc(OC)c(OC)c(OC)c2)on1.I. The van der Waals surface area contributed by atoms with E-state index in [2.05, 4.69) is 34.6 Å². The molecule has 1 aromatic heterocycles. The molecule has 0 saturated heterocycles. The number of hydrogen-bond donors (Lipinski definition) is 2. The highest BCUT2D eigenvalue weighted by molar-refractivity contribution is 14.0. The van der Waals surface area contributed by atoms with Gasteiger partial charge in [0.1, 0.15) is 0 Å². The van der Waals surface area contributed by atoms with Crippen LogP contribution in [0, 0.1) is 0 Å². The normalized spacial score (nSPS) is 11.1. The molecule has 0 saturated carbocycles. The van der Waals surface area contributed by atoms with Crippen molar-refractivity contribution in [2.24, 2.45) is 4.99 Å². The van der Waals surface area contributed by atoms with Crippen LogP contribution in [0.4, 0.5) is 0 Å². The predicted molar refractivity (Wildman–Crippen MR) is 128 cm³/mol. The Kier molecular flexibility index (Phi) is 11.4. The van der Waals surface area contributed by atoms with Crippen LogP contribution in [0.25, 0.3) is 0 Å². The highest BCUT2D eigenvalue weighted by Gasteiger charge is 2.14. The standard InChI is InChI=1S/C21H32N4O4.HI/c1-7-15(8-2)17-11-16(29-25-17)13-24-21(22-3)23-12-14-9-18(26-4)20(28-6)19(10-14)27-5;/h9-11,15H,7-8,12-13H2,1-6H3,(H2,22,23,24);1H. The Labute approximate surface area is 195 Å². The molecule has 168 valence electrons. The van der Waals surface area contributed by atoms with E-state index in [1.807, 2.05) is 18.2 Å². The molecular weight excluding hydrogens is 499 g/mol. The highest BCUT2D eigenvalue weighted by atomic mass is 127. The van der Waals surface area contributed by atoms with Crippen molar-refractivity contribution in [2.45, 2.75) is 45.7 Å². The Morgan fingerprint density at radius 1 is 1.00 bits per heavy atom. The van der Waals surface area contributed by atoms with Gasteiger partial charge in [0, 0.05) is 25.6 Å². The first-order valence-corrected chi connectivity index (χ1v) is 9.78. The Balaban J connectivity index is 0.00000450. The summed E-state index contributed by atoms with van der Waals surface area (Å²) in [5, 5.41) is 10.7. The zero-order valence-corrected chi connectivity index (χ0v) is 20.9. The molecule has 8 nitrogen and oxygen atoms in total. The molecule has 2 aromatic rings. The average molecular weight is 532 g/mol. The third kappa shape index (κ3) is 6.68. The van der Waals surface area contributed by atoms with E-state index in [9.17, 15) is 0 Å². The van der Waals surface area contributed by atoms with Gasteiger partial charge in [-0.15, -0.1) is 24.0 Å². The lowest BCUT2D eigenvalue weighted by Gasteiger charge is -2.15. The summed E-state index contributed by atoms with van der Waals surface area (Å²) in [6, 6.07) is 5.82. The van der Waals surface area contributed by atoms with Gasteiger partial charge in [0.15, 0.2) is 23.2 Å². The first-order valence-electron chi connectivity index (χ1n) is 9.78. The van der Waals surface area contributed by atoms with Crippen LogP contribution in [-0.2, 0) is 13.1 Å². The van der Waals surface area contributed by atoms with Crippen molar-refractivity contribution in [1.29, 1.82) is 0 Å². The van der Waals surface area contributed by atoms with E-state index in [1.54, 1.807) is 28.4 Å². The molecule has 0 aliphatic rings. The Morgan fingerprint density at radius 2 is 1.60 bits per heavy atom. The van der Waals surface area contributed by atoms with E-state index < -0.39 is 0 Å². The number of benzene rings is 1. The minimum atomic E-state index is 0. The molecule has 0 aliphatic heterocycles. The third-order valence-corrected chi connectivity index (χ3v) is 4.82. The van der Waals surface area contributed by atoms with Gasteiger partial charge in [-0.3, -0.25) is 4.99 Å². The molecule has 0 bridgehead atoms. The van der Waals surface area contributed by atoms with Gasteiger partial charge in [0.05, 0.1) is 33.6 Å². The molecule has 0 atom stereocenters. The lowest BCUT2D eigenvalue weighted by Crippen LogP contribution is -2.36. The van der Waals surface area contributed by atoms with Crippen molar-refractivity contribution in [2.75, 3.05) is 28.4 Å². The van der Waals surface area contributed by atoms with Crippen LogP contribution >= 0.6 is 24.0 Å². The van der Waals surface area contributed by atoms with E-state index in [4.69, 9.17) is 18.7 Å². The van der Waals surface area contributed by atoms with E-state index in [1.165, 1.54) is 0 Å². The lowest BCUT2D eigenvalue weighted by atomic mass is 9.99. The summed E-state index contributed by atoms with van der Waals surface area (Å²) >= 11 is 0. The van der Waals surface area contributed by atoms with E-state index in [0.717, 1.165) is 29.9 Å². The summed E-state index contributed by atoms with van der Waals surface area (Å²) in [5.41, 5.74) is 1.98. The number of methoxy groups -OCH3 is 3. The van der Waals surface area contributed by atoms with Crippen LogP contribution in [0.2, 0.25) is 0 Å². The summed E-state index contributed by atoms with van der Waals surface area (Å²) in [5.74, 6) is 3.66. The number of hydrogen-bond acceptors (Lipinski definition) is 6. The fourth-order valence-corrected chi connectivity index (χ4v) is 3.13. The first-order chi connectivity index (χ1) is 14.1. The van der Waals surface area contributed by atoms with Crippen molar-refractivity contribution >= 4 is 29.9 Å². The second kappa shape index (κ2) is 13.2. The van der Waals surface area contributed by atoms with Crippen LogP contribution < -0.4 is 24.8 Å². The third-order valence-electron chi connectivity index (χ3n) is 4.82. The van der Waals surface area contributed by atoms with Gasteiger partial charge >= 0.3 is 0 Å². The average Bonchev–Trinajstić information content (AvgIpc) is 3.22. The Morgan fingerprint density at radius 3 is 2.10 bits per heavy atom. The molecular formula is C21H33IN4O4. The van der Waals surface area contributed by atoms with Gasteiger partial charge in [-0.2, -0.15) is 0 Å². The topological polar surface area (TPSA) is 90.1 Å². The first kappa shape index (κ1) is 25.9. The zero-order valence-electron chi connectivity index (χ0n) is 18.6. The van der Waals surface area contributed by atoms with E-state index in [-0.39, 0.29) is 24.0 Å². The minimum Gasteiger partial charge on any atom is -0.493 e. The largest absolute Gasteiger partial charge is 0.493 e. The second-order valence-corrected chi connectivity index (χ2v) is 6.54. The molecule has 30 heavy (non-hydrogen) atoms. The van der Waals surface area contributed by atoms with E-state index >= 15 is 0 Å². The van der Waals surface area contributed by atoms with Gasteiger partial charge in [-0.25, -0.2) is 0 Å². The van der Waals surface area contributed by atoms with Crippen molar-refractivity contribution in [1.82, 2.24) is 15.8 Å². The molecule has 0 radical (unpaired) electrons. The summed E-state index contributed by atoms with van der Waals surface area (Å²) in [6.07, 6.45) is 2.10. The smallest absolute Gasteiger partial charge is 0.203 e. The molecule has 0 spiro atoms. The number of rotatable bonds is 10. The number of nitrogens with one attached hydrogen (secondary N) is 2. The number of ether oxygens (including phenoxy) is 3. The van der Waals surface area contributed by atoms with Gasteiger partial charge in [0.25, 0.3) is 0 Å². The fraction of sp³-hybridized carbons (Fsp3) is 0.524. The molecule has 0 fully saturated rings. The maximum atomic E-state index is 5.45. The zero-order chi connectivity index (χ0) is 21.2. The summed E-state index contributed by atoms with van der Waals surface area (Å²) in [4.78, 5) is 4.26. The van der Waals surface area contributed by atoms with Crippen LogP contribution in [0.5, 0.6) is 17.2 Å². The van der Waals surface area contributed by atoms with E-state index in [0.29, 0.717) is 42.2 Å². The van der Waals surface area contributed by atoms with Crippen molar-refractivity contribution in [3.63, 3.8) is 0 Å². The number of aromatic nitrogens is 1. The monoisotopic (exact) mass is 532 g/mol. The van der Waals surface area contributed by atoms with Crippen LogP contribution in [0.3, 0.4) is 0 Å². The van der Waals surface area contributed by atoms with Gasteiger partial charge < -0.3 is 29.4 Å². The molecule has 1 aromatic carbocycles. The molecule has 0 amide bonds. The molecule has 9 heteroatoms. The van der Waals surface area contributed by atoms with Crippen molar-refractivity contribution in [3.05, 3.63) is 35.2 Å². The van der Waals surface area contributed by atoms with Crippen LogP contribution in [0.15, 0.2) is 27.7 Å². The summed E-state index contributed by atoms with van der Waals surface area (Å²) in [7, 11) is 6.51. The number of aliphatic imine (C=N–C) groups is 1. The minimum absolute atomic E-state index is 0. The number of halogens is 1. The van der Waals surface area contributed by atoms with Crippen molar-refractivity contribution in [3.8, 4) is 17.2 Å². The molecule has 2 N–H and O–H groups in total. The fourth-order valence-electron chi connectivity index (χ4n) is 3.13. The number of guanidine groups is 1. The Hall–Kier alpha value is -2.17. The van der Waals surface area contributed by atoms with Crippen LogP contribution in [0.1, 0.15) is 49.6 Å². The van der Waals surface area contributed by atoms with Crippen LogP contribution in [-0.4, -0.2) is 39.5 Å². The van der Waals surface area contributed by atoms with Gasteiger partial charge in [0.2, 0.25) is 5.75 Å². The molecule has 0 aliphatic carbocycles. The summed E-state index contributed by atoms with van der Waals surface area (Å²) < 4.78 is 21.6. The lowest BCUT2D eigenvalue weighted by molar-refractivity contribution is 0.323. The second-order valence-electron chi connectivity index (χ2n) is 6.54. The highest BCUT2D eigenvalue weighted by Crippen LogP contribution is 2.38. The Bertz CT molecular complexity index is 781. The summed E-state index contributed by atoms with van der Waals surface area (Å²) in [6.45, 7) is 5.36. The maximum Gasteiger partial charge on any atom is 0.203 e. The van der Waals surface area contributed by atoms with Gasteiger partial charge in [-0.05, 0) is 30.5 Å². The predicted octanol–water partition coefficient (Wildman–Crippen LogP) is 4.09. The van der Waals surface area contributed by atoms with Crippen molar-refractivity contribution < 1.29 is 18.7 Å². The molecule has 1 heterocycles. The van der Waals surface area contributed by atoms with Gasteiger partial charge in [-0.1, -0.05) is 19.0 Å². The quantitative estimate of drug-likeness (QED) is 0.271. The number of nitrogens with zero attached hydrogens (tertiary/aromatic N) is 2. The molecule has 2 rings (SSSR count). The maximum absolute atomic E-state index is 5.45. The molecule has 0 unspecified atom stereocenters.